The summed E-state index contributed by atoms with van der Waals surface area (Å²) in [5, 5.41) is 1.74. The van der Waals surface area contributed by atoms with Crippen molar-refractivity contribution < 1.29 is 17.6 Å². The molecule has 3 heterocycles. The fraction of sp³-hybridized carbons (Fsp3) is 0.400. The number of aryl methyl sites for hydroxylation is 1. The van der Waals surface area contributed by atoms with Crippen molar-refractivity contribution in [1.82, 2.24) is 8.87 Å². The molecule has 6 nitrogen and oxygen atoms in total. The van der Waals surface area contributed by atoms with Gasteiger partial charge in [0.25, 0.3) is 15.9 Å². The third kappa shape index (κ3) is 4.80. The molecule has 1 aliphatic heterocycles. The second kappa shape index (κ2) is 9.53. The number of amides is 1. The summed E-state index contributed by atoms with van der Waals surface area (Å²) in [6, 6.07) is 7.92. The van der Waals surface area contributed by atoms with E-state index < -0.39 is 10.0 Å². The van der Waals surface area contributed by atoms with Crippen LogP contribution in [-0.2, 0) is 21.4 Å². The number of benzene rings is 1. The summed E-state index contributed by atoms with van der Waals surface area (Å²) in [6.07, 6.45) is 2.89. The van der Waals surface area contributed by atoms with Crippen molar-refractivity contribution in [2.24, 2.45) is 10.9 Å². The zero-order valence-electron chi connectivity index (χ0n) is 16.9. The number of thiazole rings is 1. The van der Waals surface area contributed by atoms with Gasteiger partial charge in [0.1, 0.15) is 10.0 Å². The molecule has 1 aliphatic rings. The van der Waals surface area contributed by atoms with Gasteiger partial charge in [-0.2, -0.15) is 21.1 Å². The first-order chi connectivity index (χ1) is 14.9. The number of sulfonamides is 1. The molecule has 0 bridgehead atoms. The Morgan fingerprint density at radius 1 is 1.29 bits per heavy atom. The van der Waals surface area contributed by atoms with Crippen molar-refractivity contribution in [2.75, 3.05) is 25.1 Å². The normalized spacial score (nSPS) is 16.9. The highest BCUT2D eigenvalue weighted by Gasteiger charge is 2.32. The zero-order valence-corrected chi connectivity index (χ0v) is 20.1. The van der Waals surface area contributed by atoms with Gasteiger partial charge < -0.3 is 4.57 Å². The van der Waals surface area contributed by atoms with Gasteiger partial charge in [0.05, 0.1) is 10.2 Å². The molecular formula is C20H22FN3O3S4. The first-order valence-corrected chi connectivity index (χ1v) is 14.3. The number of aromatic nitrogens is 1. The van der Waals surface area contributed by atoms with Crippen molar-refractivity contribution in [1.29, 1.82) is 0 Å². The van der Waals surface area contributed by atoms with Crippen molar-refractivity contribution in [2.45, 2.75) is 23.6 Å². The van der Waals surface area contributed by atoms with E-state index in [2.05, 4.69) is 4.99 Å². The number of hydrogen-bond donors (Lipinski definition) is 0. The minimum atomic E-state index is -3.50. The maximum absolute atomic E-state index is 13.7. The van der Waals surface area contributed by atoms with E-state index in [1.807, 2.05) is 10.8 Å². The van der Waals surface area contributed by atoms with E-state index in [1.54, 1.807) is 35.3 Å². The van der Waals surface area contributed by atoms with Crippen LogP contribution >= 0.6 is 34.4 Å². The standard InChI is InChI=1S/C20H22FN3O3S4/c1-28-12-10-24-16-5-4-15(21)13-17(16)30-20(24)22-19(25)14-6-8-23(9-7-14)31(26,27)18-3-2-11-29-18/h2-5,11,13-14H,6-10,12H2,1H3. The molecule has 1 saturated heterocycles. The Morgan fingerprint density at radius 2 is 2.06 bits per heavy atom. The summed E-state index contributed by atoms with van der Waals surface area (Å²) in [4.78, 5) is 17.9. The van der Waals surface area contributed by atoms with Crippen molar-refractivity contribution in [3.63, 3.8) is 0 Å². The average molecular weight is 500 g/mol. The first-order valence-electron chi connectivity index (χ1n) is 9.80. The molecule has 0 atom stereocenters. The summed E-state index contributed by atoms with van der Waals surface area (Å²) in [7, 11) is -3.50. The summed E-state index contributed by atoms with van der Waals surface area (Å²) in [5.41, 5.74) is 0.865. The lowest BCUT2D eigenvalue weighted by Crippen LogP contribution is -2.40. The summed E-state index contributed by atoms with van der Waals surface area (Å²) in [5.74, 6) is -0.0180. The Balaban J connectivity index is 1.54. The molecule has 0 unspecified atom stereocenters. The van der Waals surface area contributed by atoms with Crippen LogP contribution in [0.1, 0.15) is 12.8 Å². The van der Waals surface area contributed by atoms with Crippen LogP contribution in [-0.4, -0.2) is 48.3 Å². The molecular weight excluding hydrogens is 478 g/mol. The van der Waals surface area contributed by atoms with Gasteiger partial charge in [-0.3, -0.25) is 4.79 Å². The van der Waals surface area contributed by atoms with Gasteiger partial charge in [-0.1, -0.05) is 17.4 Å². The molecule has 11 heteroatoms. The number of carbonyl (C=O) groups excluding carboxylic acids is 1. The van der Waals surface area contributed by atoms with Crippen LogP contribution < -0.4 is 4.80 Å². The van der Waals surface area contributed by atoms with Crippen LogP contribution in [0, 0.1) is 11.7 Å². The van der Waals surface area contributed by atoms with Crippen molar-refractivity contribution in [3.8, 4) is 0 Å². The molecule has 0 saturated carbocycles. The quantitative estimate of drug-likeness (QED) is 0.517. The molecule has 31 heavy (non-hydrogen) atoms. The predicted molar refractivity (Wildman–Crippen MR) is 125 cm³/mol. The molecule has 1 fully saturated rings. The fourth-order valence-electron chi connectivity index (χ4n) is 3.60. The lowest BCUT2D eigenvalue weighted by molar-refractivity contribution is -0.122. The maximum Gasteiger partial charge on any atom is 0.252 e. The molecule has 0 N–H and O–H groups in total. The van der Waals surface area contributed by atoms with Crippen LogP contribution in [0.2, 0.25) is 0 Å². The van der Waals surface area contributed by atoms with E-state index in [-0.39, 0.29) is 17.6 Å². The Morgan fingerprint density at radius 3 is 2.74 bits per heavy atom. The molecule has 0 spiro atoms. The highest BCUT2D eigenvalue weighted by Crippen LogP contribution is 2.27. The fourth-order valence-corrected chi connectivity index (χ4v) is 7.66. The van der Waals surface area contributed by atoms with E-state index in [1.165, 1.54) is 39.1 Å². The molecule has 166 valence electrons. The SMILES string of the molecule is CSCCn1c(=NC(=O)C2CCN(S(=O)(=O)c3cccs3)CC2)sc2cc(F)ccc21. The van der Waals surface area contributed by atoms with Gasteiger partial charge in [0.2, 0.25) is 0 Å². The highest BCUT2D eigenvalue weighted by atomic mass is 32.2. The number of carbonyl (C=O) groups is 1. The number of piperidine rings is 1. The molecule has 3 aromatic rings. The Labute approximate surface area is 192 Å². The van der Waals surface area contributed by atoms with E-state index in [9.17, 15) is 17.6 Å². The Bertz CT molecular complexity index is 1240. The van der Waals surface area contributed by atoms with Crippen molar-refractivity contribution in [3.05, 3.63) is 46.3 Å². The second-order valence-electron chi connectivity index (χ2n) is 7.20. The van der Waals surface area contributed by atoms with Gasteiger partial charge in [-0.15, -0.1) is 11.3 Å². The predicted octanol–water partition coefficient (Wildman–Crippen LogP) is 3.79. The first kappa shape index (κ1) is 22.7. The number of thioether (sulfide) groups is 1. The van der Waals surface area contributed by atoms with Gasteiger partial charge in [-0.05, 0) is 48.7 Å². The van der Waals surface area contributed by atoms with Crippen LogP contribution in [0.25, 0.3) is 10.2 Å². The van der Waals surface area contributed by atoms with E-state index in [0.29, 0.717) is 41.5 Å². The van der Waals surface area contributed by atoms with Gasteiger partial charge in [0, 0.05) is 31.3 Å². The smallest absolute Gasteiger partial charge is 0.252 e. The van der Waals surface area contributed by atoms with Gasteiger partial charge in [0.15, 0.2) is 4.80 Å². The zero-order chi connectivity index (χ0) is 22.0. The third-order valence-corrected chi connectivity index (χ3v) is 10.2. The van der Waals surface area contributed by atoms with Crippen LogP contribution in [0.4, 0.5) is 4.39 Å². The number of hydrogen-bond acceptors (Lipinski definition) is 6. The number of halogens is 1. The van der Waals surface area contributed by atoms with E-state index >= 15 is 0 Å². The van der Waals surface area contributed by atoms with Gasteiger partial charge in [-0.25, -0.2) is 12.8 Å². The lowest BCUT2D eigenvalue weighted by Gasteiger charge is -2.29. The highest BCUT2D eigenvalue weighted by molar-refractivity contribution is 7.98. The number of fused-ring (bicyclic) bond motifs is 1. The van der Waals surface area contributed by atoms with E-state index in [0.717, 1.165) is 16.0 Å². The van der Waals surface area contributed by atoms with Crippen LogP contribution in [0.15, 0.2) is 44.9 Å². The Kier molecular flexibility index (Phi) is 6.97. The number of rotatable bonds is 6. The summed E-state index contributed by atoms with van der Waals surface area (Å²) in [6.45, 7) is 1.28. The van der Waals surface area contributed by atoms with Crippen molar-refractivity contribution >= 4 is 60.6 Å². The maximum atomic E-state index is 13.7. The summed E-state index contributed by atoms with van der Waals surface area (Å²) >= 11 is 4.19. The average Bonchev–Trinajstić information content (AvgIpc) is 3.41. The molecule has 0 aliphatic carbocycles. The Hall–Kier alpha value is -1.53. The monoisotopic (exact) mass is 499 g/mol. The topological polar surface area (TPSA) is 71.7 Å². The molecule has 0 radical (unpaired) electrons. The minimum Gasteiger partial charge on any atom is -0.316 e. The van der Waals surface area contributed by atoms with Crippen LogP contribution in [0.3, 0.4) is 0 Å². The van der Waals surface area contributed by atoms with Crippen LogP contribution in [0.5, 0.6) is 0 Å². The number of thiophene rings is 1. The lowest BCUT2D eigenvalue weighted by atomic mass is 9.98. The molecule has 1 amide bonds. The largest absolute Gasteiger partial charge is 0.316 e. The van der Waals surface area contributed by atoms with Gasteiger partial charge >= 0.3 is 0 Å². The van der Waals surface area contributed by atoms with E-state index in [4.69, 9.17) is 0 Å². The molecule has 4 rings (SSSR count). The number of nitrogens with zero attached hydrogens (tertiary/aromatic N) is 3. The minimum absolute atomic E-state index is 0.238. The molecule has 2 aromatic heterocycles. The second-order valence-corrected chi connectivity index (χ2v) is 12.3. The third-order valence-electron chi connectivity index (χ3n) is 5.26. The molecule has 1 aromatic carbocycles. The summed E-state index contributed by atoms with van der Waals surface area (Å²) < 4.78 is 43.5.